The number of nitrogens with zero attached hydrogens (tertiary/aromatic N) is 1. The number of rotatable bonds is 6. The minimum Gasteiger partial charge on any atom is -0.456 e. The molecule has 0 bridgehead atoms. The number of nitrogens with one attached hydrogen (secondary N) is 2. The lowest BCUT2D eigenvalue weighted by molar-refractivity contribution is -0.148. The molecule has 0 atom stereocenters. The first-order valence-corrected chi connectivity index (χ1v) is 9.05. The van der Waals surface area contributed by atoms with Gasteiger partial charge in [0.1, 0.15) is 5.82 Å². The summed E-state index contributed by atoms with van der Waals surface area (Å²) in [7, 11) is 0. The minimum absolute atomic E-state index is 0.0536. The van der Waals surface area contributed by atoms with Crippen LogP contribution in [0, 0.1) is 0 Å². The Morgan fingerprint density at radius 1 is 1.19 bits per heavy atom. The van der Waals surface area contributed by atoms with Gasteiger partial charge in [0.2, 0.25) is 0 Å². The van der Waals surface area contributed by atoms with Gasteiger partial charge in [-0.2, -0.15) is 0 Å². The van der Waals surface area contributed by atoms with Crippen LogP contribution in [0.3, 0.4) is 0 Å². The lowest BCUT2D eigenvalue weighted by Gasteiger charge is -2.22. The number of H-pyrrole nitrogens is 1. The first kappa shape index (κ1) is 18.1. The number of amides is 1. The van der Waals surface area contributed by atoms with E-state index >= 15 is 0 Å². The Balaban J connectivity index is 1.45. The quantitative estimate of drug-likeness (QED) is 0.768. The Kier molecular flexibility index (Phi) is 5.99. The van der Waals surface area contributed by atoms with Crippen LogP contribution in [0.5, 0.6) is 0 Å². The normalized spacial score (nSPS) is 14.9. The molecule has 138 valence electrons. The zero-order chi connectivity index (χ0) is 18.4. The fraction of sp³-hybridized carbons (Fsp3) is 0.474. The van der Waals surface area contributed by atoms with E-state index in [9.17, 15) is 14.4 Å². The summed E-state index contributed by atoms with van der Waals surface area (Å²) in [5.74, 6) is -0.320. The molecule has 0 saturated heterocycles. The summed E-state index contributed by atoms with van der Waals surface area (Å²) in [6.07, 6.45) is 5.75. The Hall–Kier alpha value is -2.70. The Morgan fingerprint density at radius 3 is 2.77 bits per heavy atom. The Bertz CT molecular complexity index is 840. The van der Waals surface area contributed by atoms with Crippen molar-refractivity contribution >= 4 is 22.8 Å². The molecule has 0 aliphatic heterocycles. The number of aryl methyl sites for hydroxylation is 1. The van der Waals surface area contributed by atoms with Crippen LogP contribution in [-0.2, 0) is 20.7 Å². The highest BCUT2D eigenvalue weighted by Gasteiger charge is 2.16. The van der Waals surface area contributed by atoms with Crippen LogP contribution >= 0.6 is 0 Å². The second-order valence-corrected chi connectivity index (χ2v) is 6.59. The van der Waals surface area contributed by atoms with Gasteiger partial charge in [0, 0.05) is 12.5 Å². The van der Waals surface area contributed by atoms with Gasteiger partial charge in [-0.3, -0.25) is 14.4 Å². The van der Waals surface area contributed by atoms with Crippen molar-refractivity contribution in [2.24, 2.45) is 0 Å². The van der Waals surface area contributed by atoms with Gasteiger partial charge in [-0.05, 0) is 25.0 Å². The Labute approximate surface area is 151 Å². The average Bonchev–Trinajstić information content (AvgIpc) is 2.65. The number of aromatic nitrogens is 2. The lowest BCUT2D eigenvalue weighted by atomic mass is 9.95. The molecular formula is C19H23N3O4. The largest absolute Gasteiger partial charge is 0.456 e. The molecule has 7 nitrogen and oxygen atoms in total. The van der Waals surface area contributed by atoms with Gasteiger partial charge in [-0.1, -0.05) is 31.4 Å². The molecular weight excluding hydrogens is 334 g/mol. The molecule has 2 N–H and O–H groups in total. The number of hydrogen-bond acceptors (Lipinski definition) is 5. The highest BCUT2D eigenvalue weighted by molar-refractivity contribution is 5.81. The molecule has 26 heavy (non-hydrogen) atoms. The second kappa shape index (κ2) is 8.60. The van der Waals surface area contributed by atoms with Crippen LogP contribution in [0.25, 0.3) is 10.9 Å². The van der Waals surface area contributed by atoms with Crippen LogP contribution in [0.1, 0.15) is 44.3 Å². The van der Waals surface area contributed by atoms with Crippen molar-refractivity contribution < 1.29 is 14.3 Å². The van der Waals surface area contributed by atoms with Gasteiger partial charge in [0.15, 0.2) is 6.61 Å². The molecule has 1 amide bonds. The SMILES string of the molecule is O=C(COC(=O)CCc1nc2ccccc2c(=O)[nH]1)NC1CCCCC1. The van der Waals surface area contributed by atoms with Gasteiger partial charge in [-0.15, -0.1) is 0 Å². The van der Waals surface area contributed by atoms with Crippen LogP contribution in [-0.4, -0.2) is 34.5 Å². The maximum Gasteiger partial charge on any atom is 0.306 e. The topological polar surface area (TPSA) is 101 Å². The van der Waals surface area contributed by atoms with Crippen molar-refractivity contribution in [1.82, 2.24) is 15.3 Å². The molecule has 1 heterocycles. The first-order chi connectivity index (χ1) is 12.6. The number of hydrogen-bond donors (Lipinski definition) is 2. The van der Waals surface area contributed by atoms with Crippen LogP contribution in [0.2, 0.25) is 0 Å². The summed E-state index contributed by atoms with van der Waals surface area (Å²) < 4.78 is 5.01. The molecule has 1 aliphatic rings. The molecule has 1 fully saturated rings. The number of benzene rings is 1. The number of fused-ring (bicyclic) bond motifs is 1. The fourth-order valence-corrected chi connectivity index (χ4v) is 3.21. The molecule has 1 aliphatic carbocycles. The predicted octanol–water partition coefficient (Wildman–Crippen LogP) is 1.85. The van der Waals surface area contributed by atoms with E-state index in [0.29, 0.717) is 16.7 Å². The molecule has 0 radical (unpaired) electrons. The summed E-state index contributed by atoms with van der Waals surface area (Å²) in [6, 6.07) is 7.22. The predicted molar refractivity (Wildman–Crippen MR) is 96.7 cm³/mol. The molecule has 0 unspecified atom stereocenters. The number of para-hydroxylation sites is 1. The smallest absolute Gasteiger partial charge is 0.306 e. The van der Waals surface area contributed by atoms with Crippen LogP contribution in [0.4, 0.5) is 0 Å². The lowest BCUT2D eigenvalue weighted by Crippen LogP contribution is -2.38. The molecule has 2 aromatic rings. The highest BCUT2D eigenvalue weighted by atomic mass is 16.5. The first-order valence-electron chi connectivity index (χ1n) is 9.05. The van der Waals surface area contributed by atoms with E-state index in [0.717, 1.165) is 25.7 Å². The van der Waals surface area contributed by atoms with E-state index in [1.54, 1.807) is 24.3 Å². The maximum atomic E-state index is 12.0. The minimum atomic E-state index is -0.486. The summed E-state index contributed by atoms with van der Waals surface area (Å²) in [5.41, 5.74) is 0.359. The third-order valence-corrected chi connectivity index (χ3v) is 4.56. The molecule has 1 saturated carbocycles. The Morgan fingerprint density at radius 2 is 1.96 bits per heavy atom. The van der Waals surface area contributed by atoms with E-state index in [1.807, 2.05) is 0 Å². The molecule has 7 heteroatoms. The van der Waals surface area contributed by atoms with Crippen molar-refractivity contribution in [3.8, 4) is 0 Å². The number of aromatic amines is 1. The number of carbonyl (C=O) groups excluding carboxylic acids is 2. The van der Waals surface area contributed by atoms with Crippen molar-refractivity contribution in [2.75, 3.05) is 6.61 Å². The third kappa shape index (κ3) is 4.91. The molecule has 0 spiro atoms. The van der Waals surface area contributed by atoms with E-state index in [1.165, 1.54) is 6.42 Å². The van der Waals surface area contributed by atoms with E-state index in [2.05, 4.69) is 15.3 Å². The van der Waals surface area contributed by atoms with Crippen molar-refractivity contribution in [3.63, 3.8) is 0 Å². The number of carbonyl (C=O) groups is 2. The van der Waals surface area contributed by atoms with Gasteiger partial charge < -0.3 is 15.0 Å². The molecule has 3 rings (SSSR count). The maximum absolute atomic E-state index is 12.0. The molecule has 1 aromatic heterocycles. The van der Waals surface area contributed by atoms with Gasteiger partial charge >= 0.3 is 5.97 Å². The number of esters is 1. The average molecular weight is 357 g/mol. The third-order valence-electron chi connectivity index (χ3n) is 4.56. The second-order valence-electron chi connectivity index (χ2n) is 6.59. The summed E-state index contributed by atoms with van der Waals surface area (Å²) in [4.78, 5) is 42.7. The van der Waals surface area contributed by atoms with E-state index in [4.69, 9.17) is 4.74 Å². The van der Waals surface area contributed by atoms with Gasteiger partial charge in [0.25, 0.3) is 11.5 Å². The van der Waals surface area contributed by atoms with Crippen molar-refractivity contribution in [3.05, 3.63) is 40.4 Å². The fourth-order valence-electron chi connectivity index (χ4n) is 3.21. The summed E-state index contributed by atoms with van der Waals surface area (Å²) in [5, 5.41) is 3.41. The summed E-state index contributed by atoms with van der Waals surface area (Å²) in [6.45, 7) is -0.267. The molecule has 1 aromatic carbocycles. The monoisotopic (exact) mass is 357 g/mol. The van der Waals surface area contributed by atoms with Gasteiger partial charge in [-0.25, -0.2) is 4.98 Å². The van der Waals surface area contributed by atoms with E-state index in [-0.39, 0.29) is 37.0 Å². The zero-order valence-electron chi connectivity index (χ0n) is 14.6. The number of ether oxygens (including phenoxy) is 1. The van der Waals surface area contributed by atoms with Crippen LogP contribution in [0.15, 0.2) is 29.1 Å². The highest BCUT2D eigenvalue weighted by Crippen LogP contribution is 2.17. The van der Waals surface area contributed by atoms with E-state index < -0.39 is 5.97 Å². The van der Waals surface area contributed by atoms with Crippen LogP contribution < -0.4 is 10.9 Å². The van der Waals surface area contributed by atoms with Crippen molar-refractivity contribution in [2.45, 2.75) is 51.0 Å². The zero-order valence-corrected chi connectivity index (χ0v) is 14.6. The summed E-state index contributed by atoms with van der Waals surface area (Å²) >= 11 is 0. The van der Waals surface area contributed by atoms with Gasteiger partial charge in [0.05, 0.1) is 17.3 Å². The van der Waals surface area contributed by atoms with Crippen molar-refractivity contribution in [1.29, 1.82) is 0 Å². The standard InChI is InChI=1S/C19H23N3O4/c23-17(20-13-6-2-1-3-7-13)12-26-18(24)11-10-16-21-15-9-5-4-8-14(15)19(25)22-16/h4-5,8-9,13H,1-3,6-7,10-12H2,(H,20,23)(H,21,22,25).